The molecule has 2 aromatic rings. The van der Waals surface area contributed by atoms with Gasteiger partial charge in [0.2, 0.25) is 0 Å². The second kappa shape index (κ2) is 8.15. The zero-order chi connectivity index (χ0) is 13.4. The van der Waals surface area contributed by atoms with E-state index in [1.165, 1.54) is 0 Å². The third kappa shape index (κ3) is 5.54. The number of halogens is 3. The molecular weight excluding hydrogens is 291 g/mol. The molecule has 0 heterocycles. The van der Waals surface area contributed by atoms with Crippen LogP contribution in [0.25, 0.3) is 0 Å². The molecule has 94 valence electrons. The summed E-state index contributed by atoms with van der Waals surface area (Å²) in [5.74, 6) is 0.0752. The minimum absolute atomic E-state index is 0.0752. The van der Waals surface area contributed by atoms with Gasteiger partial charge in [-0.05, 0) is 0 Å². The quantitative estimate of drug-likeness (QED) is 0.569. The molecule has 0 aliphatic carbocycles. The topological polar surface area (TPSA) is 17.1 Å². The maximum absolute atomic E-state index is 11.8. The Hall–Kier alpha value is -1.02. The summed E-state index contributed by atoms with van der Waals surface area (Å²) < 4.78 is -0.750. The molecule has 2 rings (SSSR count). The molecule has 0 radical (unpaired) electrons. The lowest BCUT2D eigenvalue weighted by atomic mass is 10.0. The van der Waals surface area contributed by atoms with Gasteiger partial charge in [-0.3, -0.25) is 4.79 Å². The second-order valence-electron chi connectivity index (χ2n) is 3.31. The van der Waals surface area contributed by atoms with Gasteiger partial charge in [0, 0.05) is 11.1 Å². The van der Waals surface area contributed by atoms with Crippen molar-refractivity contribution in [2.24, 2.45) is 0 Å². The van der Waals surface area contributed by atoms with Gasteiger partial charge in [0.1, 0.15) is 0 Å². The largest absolute Gasteiger partial charge is 0.289 e. The number of carbonyl (C=O) groups is 1. The number of hydrogen-bond acceptors (Lipinski definition) is 1. The van der Waals surface area contributed by atoms with Crippen molar-refractivity contribution in [2.45, 2.75) is 4.30 Å². The fourth-order valence-electron chi connectivity index (χ4n) is 1.35. The van der Waals surface area contributed by atoms with Gasteiger partial charge in [-0.2, -0.15) is 0 Å². The first-order valence-electron chi connectivity index (χ1n) is 5.18. The lowest BCUT2D eigenvalue weighted by Gasteiger charge is -1.99. The molecule has 1 nitrogen and oxygen atoms in total. The van der Waals surface area contributed by atoms with Crippen molar-refractivity contribution in [1.29, 1.82) is 0 Å². The molecule has 18 heavy (non-hydrogen) atoms. The molecule has 0 fully saturated rings. The Kier molecular flexibility index (Phi) is 6.81. The summed E-state index contributed by atoms with van der Waals surface area (Å²) in [6.07, 6.45) is 0. The van der Waals surface area contributed by atoms with E-state index < -0.39 is 4.30 Å². The zero-order valence-corrected chi connectivity index (χ0v) is 11.7. The minimum atomic E-state index is -0.750. The van der Waals surface area contributed by atoms with Crippen molar-refractivity contribution in [3.63, 3.8) is 0 Å². The highest BCUT2D eigenvalue weighted by atomic mass is 35.6. The average molecular weight is 302 g/mol. The predicted molar refractivity (Wildman–Crippen MR) is 77.7 cm³/mol. The molecule has 0 unspecified atom stereocenters. The Bertz CT molecular complexity index is 425. The van der Waals surface area contributed by atoms with Gasteiger partial charge >= 0.3 is 0 Å². The van der Waals surface area contributed by atoms with E-state index in [0.29, 0.717) is 0 Å². The standard InChI is InChI=1S/C13H10O.CHCl3/c14-13(11-7-3-1-4-8-11)12-9-5-2-6-10-12;2-1(3)4/h1-10H;1H. The van der Waals surface area contributed by atoms with Crippen LogP contribution in [0, 0.1) is 0 Å². The summed E-state index contributed by atoms with van der Waals surface area (Å²) in [5.41, 5.74) is 1.47. The van der Waals surface area contributed by atoms with E-state index >= 15 is 0 Å². The monoisotopic (exact) mass is 300 g/mol. The molecule has 0 spiro atoms. The van der Waals surface area contributed by atoms with Crippen molar-refractivity contribution in [2.75, 3.05) is 0 Å². The number of hydrogen-bond donors (Lipinski definition) is 0. The van der Waals surface area contributed by atoms with Crippen LogP contribution in [0.3, 0.4) is 0 Å². The van der Waals surface area contributed by atoms with E-state index in [9.17, 15) is 4.79 Å². The first kappa shape index (κ1) is 15.0. The molecule has 0 saturated carbocycles. The lowest BCUT2D eigenvalue weighted by Crippen LogP contribution is -1.99. The maximum Gasteiger partial charge on any atom is 0.193 e. The Balaban J connectivity index is 0.000000357. The van der Waals surface area contributed by atoms with Gasteiger partial charge in [-0.25, -0.2) is 0 Å². The van der Waals surface area contributed by atoms with Gasteiger partial charge in [0.15, 0.2) is 10.1 Å². The zero-order valence-electron chi connectivity index (χ0n) is 9.39. The van der Waals surface area contributed by atoms with Crippen LogP contribution < -0.4 is 0 Å². The van der Waals surface area contributed by atoms with Crippen LogP contribution in [0.1, 0.15) is 15.9 Å². The van der Waals surface area contributed by atoms with Crippen LogP contribution >= 0.6 is 34.8 Å². The summed E-state index contributed by atoms with van der Waals surface area (Å²) in [5, 5.41) is 0. The van der Waals surface area contributed by atoms with Crippen molar-refractivity contribution < 1.29 is 4.79 Å². The molecule has 0 atom stereocenters. The molecule has 0 bridgehead atoms. The van der Waals surface area contributed by atoms with E-state index in [0.717, 1.165) is 11.1 Å². The highest BCUT2D eigenvalue weighted by molar-refractivity contribution is 6.63. The van der Waals surface area contributed by atoms with Crippen molar-refractivity contribution in [3.8, 4) is 0 Å². The Morgan fingerprint density at radius 1 is 0.722 bits per heavy atom. The molecule has 0 aliphatic rings. The first-order valence-corrected chi connectivity index (χ1v) is 6.49. The predicted octanol–water partition coefficient (Wildman–Crippen LogP) is 4.90. The Morgan fingerprint density at radius 3 is 1.28 bits per heavy atom. The SMILES string of the molecule is ClC(Cl)Cl.O=C(c1ccccc1)c1ccccc1. The molecule has 0 aromatic heterocycles. The summed E-state index contributed by atoms with van der Waals surface area (Å²) in [7, 11) is 0. The summed E-state index contributed by atoms with van der Waals surface area (Å²) in [6.45, 7) is 0. The molecule has 0 amide bonds. The number of alkyl halides is 3. The van der Waals surface area contributed by atoms with E-state index in [4.69, 9.17) is 34.8 Å². The van der Waals surface area contributed by atoms with Crippen LogP contribution in [0.2, 0.25) is 0 Å². The van der Waals surface area contributed by atoms with Gasteiger partial charge in [-0.15, -0.1) is 0 Å². The molecule has 4 heteroatoms. The lowest BCUT2D eigenvalue weighted by molar-refractivity contribution is 0.103. The highest BCUT2D eigenvalue weighted by Gasteiger charge is 2.06. The van der Waals surface area contributed by atoms with Gasteiger partial charge < -0.3 is 0 Å². The van der Waals surface area contributed by atoms with Crippen molar-refractivity contribution in [3.05, 3.63) is 71.8 Å². The number of ketones is 1. The Morgan fingerprint density at radius 2 is 1.00 bits per heavy atom. The summed E-state index contributed by atoms with van der Waals surface area (Å²) >= 11 is 14.4. The van der Waals surface area contributed by atoms with Crippen LogP contribution in [-0.2, 0) is 0 Å². The van der Waals surface area contributed by atoms with Gasteiger partial charge in [-0.1, -0.05) is 95.5 Å². The van der Waals surface area contributed by atoms with Crippen LogP contribution in [0.4, 0.5) is 0 Å². The maximum atomic E-state index is 11.8. The fourth-order valence-corrected chi connectivity index (χ4v) is 1.35. The minimum Gasteiger partial charge on any atom is -0.289 e. The molecule has 0 aliphatic heterocycles. The number of benzene rings is 2. The van der Waals surface area contributed by atoms with Gasteiger partial charge in [0.25, 0.3) is 0 Å². The summed E-state index contributed by atoms with van der Waals surface area (Å²) in [6, 6.07) is 18.6. The van der Waals surface area contributed by atoms with E-state index in [1.807, 2.05) is 60.7 Å². The van der Waals surface area contributed by atoms with Gasteiger partial charge in [0.05, 0.1) is 0 Å². The van der Waals surface area contributed by atoms with Crippen LogP contribution in [0.5, 0.6) is 0 Å². The molecule has 0 saturated heterocycles. The van der Waals surface area contributed by atoms with E-state index in [-0.39, 0.29) is 5.78 Å². The highest BCUT2D eigenvalue weighted by Crippen LogP contribution is 2.08. The summed E-state index contributed by atoms with van der Waals surface area (Å²) in [4.78, 5) is 11.8. The first-order chi connectivity index (χ1) is 8.61. The fraction of sp³-hybridized carbons (Fsp3) is 0.0714. The third-order valence-electron chi connectivity index (χ3n) is 2.07. The van der Waals surface area contributed by atoms with Crippen LogP contribution in [0.15, 0.2) is 60.7 Å². The Labute approximate surface area is 121 Å². The van der Waals surface area contributed by atoms with Crippen molar-refractivity contribution in [1.82, 2.24) is 0 Å². The number of carbonyl (C=O) groups excluding carboxylic acids is 1. The normalized spacial score (nSPS) is 9.56. The molecular formula is C14H11Cl3O. The van der Waals surface area contributed by atoms with Crippen molar-refractivity contribution >= 4 is 40.6 Å². The number of rotatable bonds is 2. The van der Waals surface area contributed by atoms with Crippen LogP contribution in [-0.4, -0.2) is 10.1 Å². The molecule has 0 N–H and O–H groups in total. The molecule has 2 aromatic carbocycles. The average Bonchev–Trinajstić information content (AvgIpc) is 2.39. The van der Waals surface area contributed by atoms with E-state index in [1.54, 1.807) is 0 Å². The van der Waals surface area contributed by atoms with E-state index in [2.05, 4.69) is 0 Å². The third-order valence-corrected chi connectivity index (χ3v) is 2.07. The second-order valence-corrected chi connectivity index (χ2v) is 5.29. The smallest absolute Gasteiger partial charge is 0.193 e.